The Hall–Kier alpha value is -9.13. The van der Waals surface area contributed by atoms with Crippen LogP contribution in [0.25, 0.3) is 133 Å². The molecule has 4 heterocycles. The summed E-state index contributed by atoms with van der Waals surface area (Å²) in [7, 11) is 0. The molecule has 0 aliphatic carbocycles. The van der Waals surface area contributed by atoms with Crippen LogP contribution in [0.3, 0.4) is 0 Å². The highest BCUT2D eigenvalue weighted by Crippen LogP contribution is 2.43. The van der Waals surface area contributed by atoms with Crippen molar-refractivity contribution < 1.29 is 4.42 Å². The minimum absolute atomic E-state index is 0.517. The molecule has 0 radical (unpaired) electrons. The summed E-state index contributed by atoms with van der Waals surface area (Å²) in [6, 6.07) is 79.1. The van der Waals surface area contributed by atoms with Gasteiger partial charge in [-0.2, -0.15) is 0 Å². The zero-order valence-corrected chi connectivity index (χ0v) is 36.0. The highest BCUT2D eigenvalue weighted by atomic mass is 16.3. The Balaban J connectivity index is 1.08. The van der Waals surface area contributed by atoms with E-state index in [-0.39, 0.29) is 0 Å². The van der Waals surface area contributed by atoms with Gasteiger partial charge in [0, 0.05) is 54.8 Å². The van der Waals surface area contributed by atoms with Gasteiger partial charge >= 0.3 is 0 Å². The van der Waals surface area contributed by atoms with Gasteiger partial charge in [0.1, 0.15) is 11.2 Å². The van der Waals surface area contributed by atoms with Gasteiger partial charge in [0.15, 0.2) is 17.5 Å². The SMILES string of the molecule is c1ccc(-c2ccc(-c3nc(-c4cc(-n5c6ccccc6c6cc7ccccc7cc65)cc5c4oc4ccccc45)nc(-c4cccc5c6ccccc6n(-c6ccccc6)c45)n3)cc2)cc1. The Morgan fingerprint density at radius 3 is 1.66 bits per heavy atom. The van der Waals surface area contributed by atoms with Gasteiger partial charge in [0.05, 0.1) is 27.6 Å². The molecule has 0 saturated carbocycles. The molecule has 14 rings (SSSR count). The van der Waals surface area contributed by atoms with Gasteiger partial charge in [0.2, 0.25) is 0 Å². The van der Waals surface area contributed by atoms with Gasteiger partial charge < -0.3 is 13.6 Å². The highest BCUT2D eigenvalue weighted by Gasteiger charge is 2.24. The molecule has 14 aromatic rings. The lowest BCUT2D eigenvalue weighted by Gasteiger charge is -2.14. The third-order valence-corrected chi connectivity index (χ3v) is 13.3. The van der Waals surface area contributed by atoms with Crippen molar-refractivity contribution in [3.05, 3.63) is 224 Å². The molecule has 67 heavy (non-hydrogen) atoms. The smallest absolute Gasteiger partial charge is 0.167 e. The number of benzene rings is 10. The summed E-state index contributed by atoms with van der Waals surface area (Å²) < 4.78 is 11.6. The van der Waals surface area contributed by atoms with Crippen LogP contribution >= 0.6 is 0 Å². The molecule has 0 bridgehead atoms. The maximum absolute atomic E-state index is 6.87. The second-order valence-corrected chi connectivity index (χ2v) is 17.2. The number of nitrogens with zero attached hydrogens (tertiary/aromatic N) is 5. The summed E-state index contributed by atoms with van der Waals surface area (Å²) in [5.74, 6) is 1.65. The van der Waals surface area contributed by atoms with E-state index in [1.807, 2.05) is 18.2 Å². The Kier molecular flexibility index (Phi) is 8.18. The molecule has 0 aliphatic rings. The van der Waals surface area contributed by atoms with E-state index in [2.05, 4.69) is 215 Å². The Labute approximate surface area is 384 Å². The summed E-state index contributed by atoms with van der Waals surface area (Å²) in [5.41, 5.74) is 12.7. The first kappa shape index (κ1) is 37.3. The van der Waals surface area contributed by atoms with Crippen molar-refractivity contribution in [2.75, 3.05) is 0 Å². The topological polar surface area (TPSA) is 61.7 Å². The van der Waals surface area contributed by atoms with Crippen molar-refractivity contribution in [3.8, 4) is 56.7 Å². The quantitative estimate of drug-likeness (QED) is 0.167. The highest BCUT2D eigenvalue weighted by molar-refractivity contribution is 6.16. The Morgan fingerprint density at radius 2 is 0.881 bits per heavy atom. The van der Waals surface area contributed by atoms with Crippen molar-refractivity contribution in [1.29, 1.82) is 0 Å². The van der Waals surface area contributed by atoms with E-state index in [4.69, 9.17) is 19.4 Å². The molecule has 0 aliphatic heterocycles. The van der Waals surface area contributed by atoms with Crippen molar-refractivity contribution >= 4 is 76.3 Å². The van der Waals surface area contributed by atoms with Gasteiger partial charge in [0.25, 0.3) is 0 Å². The van der Waals surface area contributed by atoms with Crippen LogP contribution in [0, 0.1) is 0 Å². The van der Waals surface area contributed by atoms with Crippen molar-refractivity contribution in [2.45, 2.75) is 0 Å². The predicted octanol–water partition coefficient (Wildman–Crippen LogP) is 15.8. The monoisotopic (exact) mass is 855 g/mol. The first-order chi connectivity index (χ1) is 33.2. The van der Waals surface area contributed by atoms with Crippen molar-refractivity contribution in [1.82, 2.24) is 24.1 Å². The number of rotatable bonds is 6. The average molecular weight is 856 g/mol. The van der Waals surface area contributed by atoms with E-state index >= 15 is 0 Å². The van der Waals surface area contributed by atoms with Gasteiger partial charge in [-0.15, -0.1) is 0 Å². The standard InChI is InChI=1S/C61H37N5O/c1-3-16-38(17-4-1)39-30-32-40(33-31-39)59-62-60(49-26-15-25-48-45-22-9-13-28-54(45)66(57(48)49)43-20-5-2-6-21-43)64-61(63-59)52-37-44(36-51-47-24-11-14-29-56(47)67-58(51)52)65-53-27-12-10-23-46(53)50-34-41-18-7-8-19-42(41)35-55(50)65/h1-37H. The maximum Gasteiger partial charge on any atom is 0.167 e. The molecule has 0 unspecified atom stereocenters. The lowest BCUT2D eigenvalue weighted by Crippen LogP contribution is -2.03. The fourth-order valence-electron chi connectivity index (χ4n) is 10.3. The number of hydrogen-bond donors (Lipinski definition) is 0. The van der Waals surface area contributed by atoms with Gasteiger partial charge in [-0.1, -0.05) is 164 Å². The third-order valence-electron chi connectivity index (χ3n) is 13.3. The lowest BCUT2D eigenvalue weighted by molar-refractivity contribution is 0.669. The zero-order valence-electron chi connectivity index (χ0n) is 36.0. The minimum Gasteiger partial charge on any atom is -0.455 e. The molecule has 0 saturated heterocycles. The number of para-hydroxylation sites is 5. The van der Waals surface area contributed by atoms with Gasteiger partial charge in [-0.25, -0.2) is 15.0 Å². The molecule has 6 nitrogen and oxygen atoms in total. The second kappa shape index (κ2) is 14.7. The van der Waals surface area contributed by atoms with E-state index in [1.165, 1.54) is 21.5 Å². The van der Waals surface area contributed by atoms with E-state index < -0.39 is 0 Å². The first-order valence-electron chi connectivity index (χ1n) is 22.6. The van der Waals surface area contributed by atoms with Crippen LogP contribution in [0.1, 0.15) is 0 Å². The van der Waals surface area contributed by atoms with Crippen molar-refractivity contribution in [2.24, 2.45) is 0 Å². The molecule has 0 N–H and O–H groups in total. The minimum atomic E-state index is 0.517. The van der Waals surface area contributed by atoms with Crippen LogP contribution in [-0.4, -0.2) is 24.1 Å². The second-order valence-electron chi connectivity index (χ2n) is 17.2. The van der Waals surface area contributed by atoms with Crippen LogP contribution in [-0.2, 0) is 0 Å². The summed E-state index contributed by atoms with van der Waals surface area (Å²) in [4.78, 5) is 16.3. The van der Waals surface area contributed by atoms with Crippen LogP contribution in [0.5, 0.6) is 0 Å². The molecular formula is C61H37N5O. The Morgan fingerprint density at radius 1 is 0.313 bits per heavy atom. The van der Waals surface area contributed by atoms with Crippen molar-refractivity contribution in [3.63, 3.8) is 0 Å². The fraction of sp³-hybridized carbons (Fsp3) is 0. The zero-order chi connectivity index (χ0) is 44.0. The van der Waals surface area contributed by atoms with E-state index in [0.29, 0.717) is 17.5 Å². The molecule has 6 heteroatoms. The lowest BCUT2D eigenvalue weighted by atomic mass is 10.0. The molecule has 0 spiro atoms. The Bertz CT molecular complexity index is 4260. The summed E-state index contributed by atoms with van der Waals surface area (Å²) in [6.07, 6.45) is 0. The maximum atomic E-state index is 6.87. The molecular weight excluding hydrogens is 819 g/mol. The van der Waals surface area contributed by atoms with E-state index in [0.717, 1.165) is 94.0 Å². The summed E-state index contributed by atoms with van der Waals surface area (Å²) in [6.45, 7) is 0. The molecule has 0 amide bonds. The average Bonchev–Trinajstić information content (AvgIpc) is 4.06. The van der Waals surface area contributed by atoms with Gasteiger partial charge in [-0.3, -0.25) is 0 Å². The summed E-state index contributed by atoms with van der Waals surface area (Å²) in [5, 5.41) is 9.05. The van der Waals surface area contributed by atoms with E-state index in [1.54, 1.807) is 0 Å². The summed E-state index contributed by atoms with van der Waals surface area (Å²) >= 11 is 0. The molecule has 0 atom stereocenters. The van der Waals surface area contributed by atoms with Crippen LogP contribution in [0.15, 0.2) is 229 Å². The third kappa shape index (κ3) is 5.86. The number of furan rings is 1. The van der Waals surface area contributed by atoms with Gasteiger partial charge in [-0.05, 0) is 82.6 Å². The largest absolute Gasteiger partial charge is 0.455 e. The molecule has 10 aromatic carbocycles. The van der Waals surface area contributed by atoms with Crippen LogP contribution in [0.2, 0.25) is 0 Å². The normalized spacial score (nSPS) is 11.9. The first-order valence-corrected chi connectivity index (χ1v) is 22.6. The predicted molar refractivity (Wildman–Crippen MR) is 275 cm³/mol. The molecule has 312 valence electrons. The van der Waals surface area contributed by atoms with E-state index in [9.17, 15) is 0 Å². The van der Waals surface area contributed by atoms with Crippen LogP contribution in [0.4, 0.5) is 0 Å². The van der Waals surface area contributed by atoms with Crippen LogP contribution < -0.4 is 0 Å². The number of aromatic nitrogens is 5. The molecule has 4 aromatic heterocycles. The number of hydrogen-bond acceptors (Lipinski definition) is 4. The fourth-order valence-corrected chi connectivity index (χ4v) is 10.3. The number of fused-ring (bicyclic) bond motifs is 10. The molecule has 0 fully saturated rings.